The lowest BCUT2D eigenvalue weighted by molar-refractivity contribution is 0.469. The largest absolute Gasteiger partial charge is 0.328 e. The van der Waals surface area contributed by atoms with Crippen LogP contribution in [0, 0.1) is 0 Å². The second kappa shape index (κ2) is 2.06. The molecule has 5 nitrogen and oxygen atoms in total. The maximum atomic E-state index is 10.4. The van der Waals surface area contributed by atoms with Crippen LogP contribution >= 0.6 is 0 Å². The van der Waals surface area contributed by atoms with E-state index in [4.69, 9.17) is 4.55 Å². The summed E-state index contributed by atoms with van der Waals surface area (Å²) in [6.45, 7) is 0. The van der Waals surface area contributed by atoms with E-state index in [-0.39, 0.29) is 5.16 Å². The lowest BCUT2D eigenvalue weighted by atomic mass is 10.9. The van der Waals surface area contributed by atoms with Crippen molar-refractivity contribution in [3.05, 3.63) is 12.4 Å². The number of imidazole rings is 1. The second-order valence-electron chi connectivity index (χ2n) is 1.80. The van der Waals surface area contributed by atoms with Gasteiger partial charge in [0, 0.05) is 19.4 Å². The van der Waals surface area contributed by atoms with Gasteiger partial charge in [0.05, 0.1) is 0 Å². The Balaban J connectivity index is 3.32. The van der Waals surface area contributed by atoms with Gasteiger partial charge in [-0.2, -0.15) is 8.42 Å². The first-order valence-corrected chi connectivity index (χ1v) is 3.90. The molecule has 1 heterocycles. The predicted octanol–water partition coefficient (Wildman–Crippen LogP) is -0.333. The number of aromatic nitrogens is 2. The third kappa shape index (κ3) is 1.17. The van der Waals surface area contributed by atoms with Gasteiger partial charge in [-0.1, -0.05) is 0 Å². The summed E-state index contributed by atoms with van der Waals surface area (Å²) in [5.74, 6) is 0. The van der Waals surface area contributed by atoms with Crippen molar-refractivity contribution in [1.29, 1.82) is 0 Å². The van der Waals surface area contributed by atoms with Crippen LogP contribution < -0.4 is 0 Å². The fourth-order valence-electron chi connectivity index (χ4n) is 0.600. The van der Waals surface area contributed by atoms with Crippen molar-refractivity contribution in [2.45, 2.75) is 5.16 Å². The van der Waals surface area contributed by atoms with E-state index < -0.39 is 10.1 Å². The Hall–Kier alpha value is -0.880. The molecule has 0 aliphatic carbocycles. The molecule has 0 bridgehead atoms. The van der Waals surface area contributed by atoms with E-state index in [1.165, 1.54) is 24.0 Å². The average Bonchev–Trinajstić information content (AvgIpc) is 2.11. The zero-order valence-corrected chi connectivity index (χ0v) is 6.04. The molecule has 1 aromatic heterocycles. The average molecular weight is 162 g/mol. The van der Waals surface area contributed by atoms with E-state index in [0.29, 0.717) is 0 Å². The number of rotatable bonds is 1. The van der Waals surface area contributed by atoms with E-state index in [2.05, 4.69) is 4.98 Å². The molecule has 0 aliphatic rings. The summed E-state index contributed by atoms with van der Waals surface area (Å²) >= 11 is 0. The van der Waals surface area contributed by atoms with Crippen LogP contribution in [0.25, 0.3) is 0 Å². The molecule has 6 heteroatoms. The van der Waals surface area contributed by atoms with Crippen molar-refractivity contribution >= 4 is 10.1 Å². The van der Waals surface area contributed by atoms with Crippen LogP contribution in [0.3, 0.4) is 0 Å². The Kier molecular flexibility index (Phi) is 1.49. The number of nitrogens with zero attached hydrogens (tertiary/aromatic N) is 2. The summed E-state index contributed by atoms with van der Waals surface area (Å²) in [7, 11) is -2.66. The van der Waals surface area contributed by atoms with Crippen molar-refractivity contribution in [1.82, 2.24) is 9.55 Å². The monoisotopic (exact) mass is 162 g/mol. The van der Waals surface area contributed by atoms with Crippen molar-refractivity contribution in [2.24, 2.45) is 7.05 Å². The Morgan fingerprint density at radius 3 is 2.50 bits per heavy atom. The van der Waals surface area contributed by atoms with Crippen molar-refractivity contribution in [2.75, 3.05) is 0 Å². The zero-order valence-electron chi connectivity index (χ0n) is 5.22. The van der Waals surface area contributed by atoms with Crippen LogP contribution in [-0.2, 0) is 17.2 Å². The standard InChI is InChI=1S/C4H6N2O3S/c1-6-3-2-5-4(6)10(7,8)9/h2-3H,1H3,(H,7,8,9). The van der Waals surface area contributed by atoms with Gasteiger partial charge in [0.1, 0.15) is 0 Å². The number of hydrogen-bond acceptors (Lipinski definition) is 3. The zero-order chi connectivity index (χ0) is 7.78. The molecule has 0 aromatic carbocycles. The Labute approximate surface area is 58.1 Å². The Morgan fingerprint density at radius 2 is 2.30 bits per heavy atom. The number of hydrogen-bond donors (Lipinski definition) is 1. The fraction of sp³-hybridized carbons (Fsp3) is 0.250. The molecule has 0 amide bonds. The van der Waals surface area contributed by atoms with Crippen molar-refractivity contribution in [3.63, 3.8) is 0 Å². The van der Waals surface area contributed by atoms with Gasteiger partial charge in [-0.3, -0.25) is 4.55 Å². The Bertz CT molecular complexity index is 326. The highest BCUT2D eigenvalue weighted by atomic mass is 32.2. The third-order valence-corrected chi connectivity index (χ3v) is 1.86. The maximum Gasteiger partial charge on any atom is 0.328 e. The van der Waals surface area contributed by atoms with Crippen LogP contribution in [0.4, 0.5) is 0 Å². The highest BCUT2D eigenvalue weighted by molar-refractivity contribution is 7.85. The summed E-state index contributed by atoms with van der Waals surface area (Å²) in [5, 5.41) is -0.340. The fourth-order valence-corrected chi connectivity index (χ4v) is 1.22. The smallest absolute Gasteiger partial charge is 0.323 e. The van der Waals surface area contributed by atoms with Gasteiger partial charge in [0.2, 0.25) is 0 Å². The van der Waals surface area contributed by atoms with Crippen LogP contribution in [0.5, 0.6) is 0 Å². The van der Waals surface area contributed by atoms with Gasteiger partial charge in [-0.15, -0.1) is 0 Å². The van der Waals surface area contributed by atoms with Crippen molar-refractivity contribution < 1.29 is 13.0 Å². The molecule has 56 valence electrons. The summed E-state index contributed by atoms with van der Waals surface area (Å²) in [6, 6.07) is 0. The normalized spacial score (nSPS) is 11.8. The molecule has 0 fully saturated rings. The maximum absolute atomic E-state index is 10.4. The second-order valence-corrected chi connectivity index (χ2v) is 3.11. The van der Waals surface area contributed by atoms with Gasteiger partial charge in [-0.05, 0) is 0 Å². The molecule has 0 unspecified atom stereocenters. The molecule has 1 aromatic rings. The first-order chi connectivity index (χ1) is 4.52. The van der Waals surface area contributed by atoms with Crippen LogP contribution in [-0.4, -0.2) is 22.5 Å². The SMILES string of the molecule is Cn1ccnc1S(=O)(=O)O. The molecule has 0 saturated heterocycles. The molecule has 0 atom stereocenters. The lowest BCUT2D eigenvalue weighted by Crippen LogP contribution is -2.05. The minimum absolute atomic E-state index is 0.340. The third-order valence-electron chi connectivity index (χ3n) is 1.01. The van der Waals surface area contributed by atoms with Crippen LogP contribution in [0.1, 0.15) is 0 Å². The first-order valence-electron chi connectivity index (χ1n) is 2.46. The first kappa shape index (κ1) is 7.23. The van der Waals surface area contributed by atoms with Crippen molar-refractivity contribution in [3.8, 4) is 0 Å². The van der Waals surface area contributed by atoms with E-state index in [1.54, 1.807) is 0 Å². The van der Waals surface area contributed by atoms with E-state index in [0.717, 1.165) is 0 Å². The topological polar surface area (TPSA) is 72.2 Å². The minimum Gasteiger partial charge on any atom is -0.323 e. The molecule has 1 rings (SSSR count). The highest BCUT2D eigenvalue weighted by Gasteiger charge is 2.13. The molecule has 10 heavy (non-hydrogen) atoms. The van der Waals surface area contributed by atoms with Crippen LogP contribution in [0.2, 0.25) is 0 Å². The van der Waals surface area contributed by atoms with Gasteiger partial charge in [0.15, 0.2) is 0 Å². The summed E-state index contributed by atoms with van der Waals surface area (Å²) in [5.41, 5.74) is 0. The molecule has 1 N–H and O–H groups in total. The van der Waals surface area contributed by atoms with Gasteiger partial charge < -0.3 is 4.57 Å². The predicted molar refractivity (Wildman–Crippen MR) is 33.0 cm³/mol. The van der Waals surface area contributed by atoms with Crippen LogP contribution in [0.15, 0.2) is 17.6 Å². The molecular formula is C4H6N2O3S. The van der Waals surface area contributed by atoms with Gasteiger partial charge >= 0.3 is 10.1 Å². The highest BCUT2D eigenvalue weighted by Crippen LogP contribution is 2.01. The quantitative estimate of drug-likeness (QED) is 0.574. The minimum atomic E-state index is -4.14. The molecule has 0 radical (unpaired) electrons. The van der Waals surface area contributed by atoms with Gasteiger partial charge in [0.25, 0.3) is 5.16 Å². The number of aryl methyl sites for hydroxylation is 1. The molecular weight excluding hydrogens is 156 g/mol. The van der Waals surface area contributed by atoms with E-state index in [9.17, 15) is 8.42 Å². The van der Waals surface area contributed by atoms with Gasteiger partial charge in [-0.25, -0.2) is 4.98 Å². The lowest BCUT2D eigenvalue weighted by Gasteiger charge is -1.93. The summed E-state index contributed by atoms with van der Waals surface area (Å²) < 4.78 is 30.4. The molecule has 0 aliphatic heterocycles. The van der Waals surface area contributed by atoms with E-state index >= 15 is 0 Å². The Morgan fingerprint density at radius 1 is 1.70 bits per heavy atom. The summed E-state index contributed by atoms with van der Waals surface area (Å²) in [6.07, 6.45) is 2.73. The van der Waals surface area contributed by atoms with E-state index in [1.807, 2.05) is 0 Å². The molecule has 0 saturated carbocycles. The summed E-state index contributed by atoms with van der Waals surface area (Å²) in [4.78, 5) is 3.41. The molecule has 0 spiro atoms.